The Bertz CT molecular complexity index is 608. The second-order valence-corrected chi connectivity index (χ2v) is 6.41. The van der Waals surface area contributed by atoms with Crippen molar-refractivity contribution in [3.05, 3.63) is 70.2 Å². The van der Waals surface area contributed by atoms with E-state index in [1.165, 1.54) is 36.0 Å². The highest BCUT2D eigenvalue weighted by molar-refractivity contribution is 6.30. The molecule has 1 unspecified atom stereocenters. The van der Waals surface area contributed by atoms with Crippen LogP contribution < -0.4 is 5.32 Å². The lowest BCUT2D eigenvalue weighted by Crippen LogP contribution is -2.26. The Labute approximate surface area is 132 Å². The first-order valence-corrected chi connectivity index (χ1v) is 8.18. The number of hydrogen-bond donors (Lipinski definition) is 1. The van der Waals surface area contributed by atoms with Gasteiger partial charge in [0.15, 0.2) is 0 Å². The summed E-state index contributed by atoms with van der Waals surface area (Å²) in [7, 11) is 0. The lowest BCUT2D eigenvalue weighted by molar-refractivity contribution is 0.473. The van der Waals surface area contributed by atoms with Crippen LogP contribution in [0, 0.1) is 0 Å². The fourth-order valence-corrected chi connectivity index (χ4v) is 3.48. The highest BCUT2D eigenvalue weighted by Gasteiger charge is 2.20. The first-order valence-electron chi connectivity index (χ1n) is 7.80. The summed E-state index contributed by atoms with van der Waals surface area (Å²) in [5, 5.41) is 4.49. The molecule has 2 heteroatoms. The van der Waals surface area contributed by atoms with Gasteiger partial charge < -0.3 is 5.32 Å². The summed E-state index contributed by atoms with van der Waals surface area (Å²) in [4.78, 5) is 0. The van der Waals surface area contributed by atoms with Gasteiger partial charge in [0.2, 0.25) is 0 Å². The molecular weight excluding hydrogens is 278 g/mol. The first kappa shape index (κ1) is 14.6. The van der Waals surface area contributed by atoms with Crippen molar-refractivity contribution in [2.24, 2.45) is 0 Å². The third kappa shape index (κ3) is 3.48. The van der Waals surface area contributed by atoms with Gasteiger partial charge in [-0.1, -0.05) is 48.0 Å². The third-order valence-electron chi connectivity index (χ3n) is 4.51. The first-order chi connectivity index (χ1) is 10.2. The van der Waals surface area contributed by atoms with Gasteiger partial charge in [-0.05, 0) is 60.9 Å². The molecular formula is C19H22ClN. The zero-order chi connectivity index (χ0) is 14.7. The quantitative estimate of drug-likeness (QED) is 0.827. The van der Waals surface area contributed by atoms with Crippen molar-refractivity contribution >= 4 is 11.6 Å². The van der Waals surface area contributed by atoms with Crippen LogP contribution in [0.3, 0.4) is 0 Å². The third-order valence-corrected chi connectivity index (χ3v) is 4.75. The Morgan fingerprint density at radius 3 is 2.90 bits per heavy atom. The molecule has 110 valence electrons. The fourth-order valence-electron chi connectivity index (χ4n) is 3.28. The van der Waals surface area contributed by atoms with Crippen LogP contribution in [0.2, 0.25) is 5.02 Å². The number of aryl methyl sites for hydroxylation is 1. The molecule has 2 aromatic rings. The zero-order valence-electron chi connectivity index (χ0n) is 12.5. The van der Waals surface area contributed by atoms with E-state index < -0.39 is 0 Å². The summed E-state index contributed by atoms with van der Waals surface area (Å²) in [5.74, 6) is 0.636. The summed E-state index contributed by atoms with van der Waals surface area (Å²) in [6.45, 7) is 3.24. The van der Waals surface area contributed by atoms with Gasteiger partial charge in [-0.15, -0.1) is 0 Å². The predicted molar refractivity (Wildman–Crippen MR) is 90.0 cm³/mol. The van der Waals surface area contributed by atoms with E-state index in [4.69, 9.17) is 11.6 Å². The molecule has 0 bridgehead atoms. The number of benzene rings is 2. The average molecular weight is 300 g/mol. The van der Waals surface area contributed by atoms with E-state index in [9.17, 15) is 0 Å². The number of halogens is 1. The van der Waals surface area contributed by atoms with Crippen LogP contribution in [0.5, 0.6) is 0 Å². The fraction of sp³-hybridized carbons (Fsp3) is 0.368. The van der Waals surface area contributed by atoms with Crippen molar-refractivity contribution in [2.45, 2.75) is 38.1 Å². The van der Waals surface area contributed by atoms with Crippen molar-refractivity contribution in [3.8, 4) is 0 Å². The SMILES string of the molecule is C[C@@H](NCC1CCCc2ccccc21)c1cccc(Cl)c1. The number of hydrogen-bond acceptors (Lipinski definition) is 1. The lowest BCUT2D eigenvalue weighted by atomic mass is 9.82. The second-order valence-electron chi connectivity index (χ2n) is 5.97. The van der Waals surface area contributed by atoms with Crippen LogP contribution >= 0.6 is 11.6 Å². The monoisotopic (exact) mass is 299 g/mol. The van der Waals surface area contributed by atoms with Crippen LogP contribution in [0.1, 0.15) is 48.4 Å². The van der Waals surface area contributed by atoms with Gasteiger partial charge in [0, 0.05) is 17.6 Å². The molecule has 0 heterocycles. The Hall–Kier alpha value is -1.31. The molecule has 2 atom stereocenters. The van der Waals surface area contributed by atoms with E-state index in [1.54, 1.807) is 0 Å². The second kappa shape index (κ2) is 6.64. The zero-order valence-corrected chi connectivity index (χ0v) is 13.2. The Morgan fingerprint density at radius 2 is 2.05 bits per heavy atom. The summed E-state index contributed by atoms with van der Waals surface area (Å²) in [5.41, 5.74) is 4.33. The highest BCUT2D eigenvalue weighted by Crippen LogP contribution is 2.31. The normalized spacial score (nSPS) is 19.0. The van der Waals surface area contributed by atoms with E-state index in [0.717, 1.165) is 11.6 Å². The number of fused-ring (bicyclic) bond motifs is 1. The molecule has 1 aliphatic carbocycles. The van der Waals surface area contributed by atoms with Crippen LogP contribution in [-0.2, 0) is 6.42 Å². The predicted octanol–water partition coefficient (Wildman–Crippen LogP) is 5.11. The van der Waals surface area contributed by atoms with Gasteiger partial charge >= 0.3 is 0 Å². The van der Waals surface area contributed by atoms with Gasteiger partial charge in [0.1, 0.15) is 0 Å². The molecule has 2 aromatic carbocycles. The van der Waals surface area contributed by atoms with Gasteiger partial charge in [-0.3, -0.25) is 0 Å². The smallest absolute Gasteiger partial charge is 0.0409 e. The summed E-state index contributed by atoms with van der Waals surface area (Å²) in [6, 6.07) is 17.4. The van der Waals surface area contributed by atoms with E-state index in [1.807, 2.05) is 18.2 Å². The largest absolute Gasteiger partial charge is 0.310 e. The van der Waals surface area contributed by atoms with E-state index in [0.29, 0.717) is 12.0 Å². The van der Waals surface area contributed by atoms with Crippen molar-refractivity contribution in [1.29, 1.82) is 0 Å². The van der Waals surface area contributed by atoms with Crippen LogP contribution in [0.25, 0.3) is 0 Å². The minimum Gasteiger partial charge on any atom is -0.310 e. The van der Waals surface area contributed by atoms with Crippen LogP contribution in [0.15, 0.2) is 48.5 Å². The summed E-state index contributed by atoms with van der Waals surface area (Å²) < 4.78 is 0. The molecule has 21 heavy (non-hydrogen) atoms. The van der Waals surface area contributed by atoms with Gasteiger partial charge in [0.25, 0.3) is 0 Å². The maximum Gasteiger partial charge on any atom is 0.0409 e. The van der Waals surface area contributed by atoms with Crippen LogP contribution in [-0.4, -0.2) is 6.54 Å². The van der Waals surface area contributed by atoms with Crippen molar-refractivity contribution in [1.82, 2.24) is 5.32 Å². The number of nitrogens with one attached hydrogen (secondary N) is 1. The maximum atomic E-state index is 6.08. The molecule has 0 spiro atoms. The Balaban J connectivity index is 1.66. The molecule has 0 radical (unpaired) electrons. The van der Waals surface area contributed by atoms with E-state index >= 15 is 0 Å². The number of rotatable bonds is 4. The summed E-state index contributed by atoms with van der Waals surface area (Å²) in [6.07, 6.45) is 3.82. The van der Waals surface area contributed by atoms with Gasteiger partial charge in [0.05, 0.1) is 0 Å². The van der Waals surface area contributed by atoms with Crippen molar-refractivity contribution in [3.63, 3.8) is 0 Å². The molecule has 0 amide bonds. The standard InChI is InChI=1S/C19H22ClN/c1-14(16-8-5-10-18(20)12-16)21-13-17-9-4-7-15-6-2-3-11-19(15)17/h2-3,5-6,8,10-12,14,17,21H,4,7,9,13H2,1H3/t14-,17?/m1/s1. The molecule has 0 aliphatic heterocycles. The van der Waals surface area contributed by atoms with Crippen molar-refractivity contribution < 1.29 is 0 Å². The van der Waals surface area contributed by atoms with Crippen LogP contribution in [0.4, 0.5) is 0 Å². The molecule has 1 aliphatic rings. The molecule has 0 fully saturated rings. The Morgan fingerprint density at radius 1 is 1.19 bits per heavy atom. The molecule has 0 saturated carbocycles. The molecule has 0 saturated heterocycles. The van der Waals surface area contributed by atoms with Gasteiger partial charge in [-0.2, -0.15) is 0 Å². The lowest BCUT2D eigenvalue weighted by Gasteiger charge is -2.27. The molecule has 0 aromatic heterocycles. The van der Waals surface area contributed by atoms with Crippen molar-refractivity contribution in [2.75, 3.05) is 6.54 Å². The topological polar surface area (TPSA) is 12.0 Å². The molecule has 3 rings (SSSR count). The Kier molecular flexibility index (Phi) is 4.62. The highest BCUT2D eigenvalue weighted by atomic mass is 35.5. The van der Waals surface area contributed by atoms with E-state index in [2.05, 4.69) is 42.6 Å². The summed E-state index contributed by atoms with van der Waals surface area (Å²) >= 11 is 6.08. The van der Waals surface area contributed by atoms with Gasteiger partial charge in [-0.25, -0.2) is 0 Å². The minimum absolute atomic E-state index is 0.331. The van der Waals surface area contributed by atoms with E-state index in [-0.39, 0.29) is 0 Å². The molecule has 1 nitrogen and oxygen atoms in total. The average Bonchev–Trinajstić information content (AvgIpc) is 2.52. The minimum atomic E-state index is 0.331. The maximum absolute atomic E-state index is 6.08. The molecule has 1 N–H and O–H groups in total.